The summed E-state index contributed by atoms with van der Waals surface area (Å²) in [5, 5.41) is 0.555. The number of hydrogen-bond donors (Lipinski definition) is 0. The van der Waals surface area contributed by atoms with E-state index >= 15 is 8.63 Å². The van der Waals surface area contributed by atoms with E-state index in [1.807, 2.05) is 0 Å². The molecule has 3 aliphatic rings. The second-order valence-corrected chi connectivity index (χ2v) is 12.6. The van der Waals surface area contributed by atoms with Gasteiger partial charge in [-0.2, -0.15) is 0 Å². The molecule has 0 N–H and O–H groups in total. The predicted molar refractivity (Wildman–Crippen MR) is 149 cm³/mol. The van der Waals surface area contributed by atoms with Gasteiger partial charge in [0.1, 0.15) is 11.3 Å². The van der Waals surface area contributed by atoms with E-state index in [9.17, 15) is 13.2 Å². The molecule has 0 fully saturated rings. The van der Waals surface area contributed by atoms with Crippen molar-refractivity contribution < 1.29 is 26.0 Å². The molecule has 1 aromatic carbocycles. The van der Waals surface area contributed by atoms with Crippen molar-refractivity contribution in [1.82, 2.24) is 4.48 Å². The Labute approximate surface area is 224 Å². The van der Waals surface area contributed by atoms with Crippen LogP contribution in [-0.2, 0) is 15.6 Å². The van der Waals surface area contributed by atoms with Crippen LogP contribution in [0.2, 0.25) is 0 Å². The van der Waals surface area contributed by atoms with Gasteiger partial charge in [0.05, 0.1) is 22.6 Å². The summed E-state index contributed by atoms with van der Waals surface area (Å²) in [5.74, 6) is 5.69. The Morgan fingerprint density at radius 1 is 1.10 bits per heavy atom. The third kappa shape index (κ3) is 3.95. The Balaban J connectivity index is 1.52. The molecule has 0 spiro atoms. The first-order chi connectivity index (χ1) is 18.4. The van der Waals surface area contributed by atoms with Gasteiger partial charge in [0.2, 0.25) is 0 Å². The molecule has 6 rings (SSSR count). The molecule has 0 amide bonds. The maximum absolute atomic E-state index is 15.8. The molecular formula is C29H25BF2N2O4S. The lowest BCUT2D eigenvalue weighted by Gasteiger charge is -2.33. The minimum absolute atomic E-state index is 0.00445. The van der Waals surface area contributed by atoms with Gasteiger partial charge in [0.25, 0.3) is 0 Å². The lowest BCUT2D eigenvalue weighted by molar-refractivity contribution is -0.363. The average molecular weight is 546 g/mol. The zero-order valence-electron chi connectivity index (χ0n) is 21.9. The highest BCUT2D eigenvalue weighted by Gasteiger charge is 2.54. The first kappa shape index (κ1) is 25.3. The van der Waals surface area contributed by atoms with E-state index in [0.717, 1.165) is 8.96 Å². The molecule has 0 radical (unpaired) electrons. The van der Waals surface area contributed by atoms with Gasteiger partial charge >= 0.3 is 12.6 Å². The molecule has 0 bridgehead atoms. The summed E-state index contributed by atoms with van der Waals surface area (Å²) < 4.78 is 64.2. The number of nitrogens with zero attached hydrogens (tertiary/aromatic N) is 2. The summed E-state index contributed by atoms with van der Waals surface area (Å²) in [4.78, 5) is 12.9. The number of rotatable bonds is 2. The molecule has 198 valence electrons. The number of hydrogen-bond acceptors (Lipinski definition) is 4. The fourth-order valence-electron chi connectivity index (χ4n) is 5.93. The van der Waals surface area contributed by atoms with Crippen molar-refractivity contribution in [3.63, 3.8) is 0 Å². The molecule has 0 saturated heterocycles. The number of fused-ring (bicyclic) bond motifs is 4. The molecule has 3 aliphatic heterocycles. The first-order valence-electron chi connectivity index (χ1n) is 12.6. The maximum Gasteiger partial charge on any atom is 0.737 e. The average Bonchev–Trinajstić information content (AvgIpc) is 3.31. The third-order valence-electron chi connectivity index (χ3n) is 7.52. The van der Waals surface area contributed by atoms with Crippen LogP contribution < -0.4 is 5.63 Å². The van der Waals surface area contributed by atoms with Crippen LogP contribution in [0.4, 0.5) is 8.63 Å². The van der Waals surface area contributed by atoms with Gasteiger partial charge < -0.3 is 22.0 Å². The third-order valence-corrected chi connectivity index (χ3v) is 9.10. The van der Waals surface area contributed by atoms with Crippen molar-refractivity contribution in [3.05, 3.63) is 91.7 Å². The van der Waals surface area contributed by atoms with Crippen LogP contribution in [-0.4, -0.2) is 35.8 Å². The van der Waals surface area contributed by atoms with Crippen molar-refractivity contribution in [2.24, 2.45) is 0 Å². The second-order valence-electron chi connectivity index (χ2n) is 10.4. The van der Waals surface area contributed by atoms with Crippen molar-refractivity contribution in [3.8, 4) is 11.8 Å². The predicted octanol–water partition coefficient (Wildman–Crippen LogP) is 4.98. The Kier molecular flexibility index (Phi) is 5.53. The fourth-order valence-corrected chi connectivity index (χ4v) is 7.20. The van der Waals surface area contributed by atoms with Crippen LogP contribution in [0.1, 0.15) is 53.9 Å². The van der Waals surface area contributed by atoms with Gasteiger partial charge in [-0.15, -0.1) is 0 Å². The molecule has 5 heterocycles. The zero-order valence-corrected chi connectivity index (χ0v) is 22.7. The minimum atomic E-state index is -4.09. The quantitative estimate of drug-likeness (QED) is 0.259. The molecule has 2 aromatic heterocycles. The molecule has 0 saturated carbocycles. The van der Waals surface area contributed by atoms with Crippen LogP contribution in [0.25, 0.3) is 22.6 Å². The smallest absolute Gasteiger partial charge is 0.422 e. The largest absolute Gasteiger partial charge is 0.737 e. The number of aromatic nitrogens is 1. The lowest BCUT2D eigenvalue weighted by Crippen LogP contribution is -2.51. The maximum atomic E-state index is 15.8. The van der Waals surface area contributed by atoms with Crippen LogP contribution >= 0.6 is 0 Å². The SMILES string of the molecule is CC1=CC(C)=[N+]2C1=C(C=Cc1cc3cc4c(cc3oc1=O)C#CCCS(=O)(=O)C4)c1c(C)cc(C)n1[B-]2(F)F. The fraction of sp³-hybridized carbons (Fsp3) is 0.241. The molecule has 3 aromatic rings. The van der Waals surface area contributed by atoms with Crippen LogP contribution in [0.3, 0.4) is 0 Å². The summed E-state index contributed by atoms with van der Waals surface area (Å²) in [6.45, 7) is 2.84. The van der Waals surface area contributed by atoms with E-state index in [0.29, 0.717) is 61.6 Å². The van der Waals surface area contributed by atoms with Gasteiger partial charge in [0, 0.05) is 41.6 Å². The van der Waals surface area contributed by atoms with Crippen LogP contribution in [0, 0.1) is 25.7 Å². The monoisotopic (exact) mass is 546 g/mol. The molecular weight excluding hydrogens is 521 g/mol. The topological polar surface area (TPSA) is 72.3 Å². The van der Waals surface area contributed by atoms with Gasteiger partial charge in [-0.05, 0) is 74.0 Å². The van der Waals surface area contributed by atoms with Crippen molar-refractivity contribution in [2.75, 3.05) is 5.75 Å². The van der Waals surface area contributed by atoms with E-state index < -0.39 is 22.4 Å². The van der Waals surface area contributed by atoms with Crippen molar-refractivity contribution in [1.29, 1.82) is 0 Å². The Hall–Kier alpha value is -3.97. The molecule has 39 heavy (non-hydrogen) atoms. The highest BCUT2D eigenvalue weighted by atomic mass is 32.2. The summed E-state index contributed by atoms with van der Waals surface area (Å²) in [6, 6.07) is 6.67. The Morgan fingerprint density at radius 2 is 1.87 bits per heavy atom. The lowest BCUT2D eigenvalue weighted by atomic mass is 9.86. The van der Waals surface area contributed by atoms with E-state index in [4.69, 9.17) is 4.42 Å². The van der Waals surface area contributed by atoms with E-state index in [-0.39, 0.29) is 23.5 Å². The molecule has 0 aliphatic carbocycles. The Bertz CT molecular complexity index is 2000. The van der Waals surface area contributed by atoms with Crippen LogP contribution in [0.5, 0.6) is 0 Å². The molecule has 6 nitrogen and oxygen atoms in total. The summed E-state index contributed by atoms with van der Waals surface area (Å²) in [7, 11) is -3.31. The standard InChI is InChI=1S/C29H25BF2N2O4S/c1-17-11-19(3)33-27(17)25(28-18(2)12-20(4)34(28)30(33,31)32)9-8-22-13-23-14-24-16-39(36,37)10-6-5-7-21(24)15-26(23)38-29(22)35/h8-9,11-15H,6,10,16H2,1-4H3. The minimum Gasteiger partial charge on any atom is -0.422 e. The molecule has 0 unspecified atom stereocenters. The Morgan fingerprint density at radius 3 is 2.64 bits per heavy atom. The first-order valence-corrected chi connectivity index (χ1v) is 14.4. The number of halogens is 2. The van der Waals surface area contributed by atoms with E-state index in [1.54, 1.807) is 70.2 Å². The van der Waals surface area contributed by atoms with Gasteiger partial charge in [-0.3, -0.25) is 0 Å². The second kappa shape index (κ2) is 8.52. The normalized spacial score (nSPS) is 19.3. The number of sulfone groups is 1. The number of allylic oxidation sites excluding steroid dienone is 4. The molecule has 0 atom stereocenters. The van der Waals surface area contributed by atoms with Crippen LogP contribution in [0.15, 0.2) is 56.9 Å². The summed E-state index contributed by atoms with van der Waals surface area (Å²) in [5.41, 5.74) is 4.75. The number of benzene rings is 1. The summed E-state index contributed by atoms with van der Waals surface area (Å²) in [6.07, 6.45) is 5.25. The van der Waals surface area contributed by atoms with Crippen molar-refractivity contribution in [2.45, 2.75) is 39.9 Å². The zero-order chi connectivity index (χ0) is 27.9. The highest BCUT2D eigenvalue weighted by Crippen LogP contribution is 2.42. The number of aryl methyl sites for hydroxylation is 2. The van der Waals surface area contributed by atoms with Crippen molar-refractivity contribution >= 4 is 45.1 Å². The van der Waals surface area contributed by atoms with Gasteiger partial charge in [-0.1, -0.05) is 11.8 Å². The highest BCUT2D eigenvalue weighted by molar-refractivity contribution is 7.90. The van der Waals surface area contributed by atoms with Gasteiger partial charge in [0.15, 0.2) is 15.5 Å². The van der Waals surface area contributed by atoms with Gasteiger partial charge in [-0.25, -0.2) is 13.2 Å². The van der Waals surface area contributed by atoms with E-state index in [1.165, 1.54) is 0 Å². The van der Waals surface area contributed by atoms with E-state index in [2.05, 4.69) is 11.8 Å². The molecule has 10 heteroatoms. The summed E-state index contributed by atoms with van der Waals surface area (Å²) >= 11 is 0.